The van der Waals surface area contributed by atoms with Crippen molar-refractivity contribution in [2.24, 2.45) is 4.99 Å². The standard InChI is InChI=1S/C16H19F2N5O2.HI/c1-2-19-16(22-9-14-20-5-6-23(14)15(17)18)21-8-11-3-4-12-13(7-11)25-10-24-12;/h3-7,15H,2,8-10H2,1H3,(H2,19,21,22);1H. The Labute approximate surface area is 166 Å². The fourth-order valence-electron chi connectivity index (χ4n) is 2.37. The van der Waals surface area contributed by atoms with Crippen molar-refractivity contribution >= 4 is 29.9 Å². The van der Waals surface area contributed by atoms with Gasteiger partial charge in [0.05, 0.1) is 13.1 Å². The Morgan fingerprint density at radius 3 is 2.88 bits per heavy atom. The summed E-state index contributed by atoms with van der Waals surface area (Å²) in [6.07, 6.45) is 2.60. The number of alkyl halides is 2. The minimum atomic E-state index is -2.62. The number of nitrogens with one attached hydrogen (secondary N) is 2. The van der Waals surface area contributed by atoms with Crippen LogP contribution in [-0.4, -0.2) is 28.8 Å². The number of guanidine groups is 1. The molecule has 0 fully saturated rings. The largest absolute Gasteiger partial charge is 0.454 e. The number of rotatable bonds is 6. The van der Waals surface area contributed by atoms with E-state index in [-0.39, 0.29) is 43.1 Å². The molecular formula is C16H20F2IN5O2. The second-order valence-corrected chi connectivity index (χ2v) is 5.26. The van der Waals surface area contributed by atoms with E-state index in [9.17, 15) is 8.78 Å². The highest BCUT2D eigenvalue weighted by Gasteiger charge is 2.13. The van der Waals surface area contributed by atoms with Gasteiger partial charge >= 0.3 is 6.55 Å². The van der Waals surface area contributed by atoms with Gasteiger partial charge in [0.1, 0.15) is 5.82 Å². The fraction of sp³-hybridized carbons (Fsp3) is 0.375. The molecular weight excluding hydrogens is 459 g/mol. The van der Waals surface area contributed by atoms with Crippen molar-refractivity contribution in [3.63, 3.8) is 0 Å². The first kappa shape index (κ1) is 20.2. The van der Waals surface area contributed by atoms with Crippen molar-refractivity contribution < 1.29 is 18.3 Å². The summed E-state index contributed by atoms with van der Waals surface area (Å²) < 4.78 is 37.1. The van der Waals surface area contributed by atoms with Crippen LogP contribution in [-0.2, 0) is 13.1 Å². The van der Waals surface area contributed by atoms with E-state index in [0.717, 1.165) is 15.9 Å². The lowest BCUT2D eigenvalue weighted by molar-refractivity contribution is 0.0668. The number of benzene rings is 1. The van der Waals surface area contributed by atoms with Gasteiger partial charge in [-0.05, 0) is 24.6 Å². The topological polar surface area (TPSA) is 72.7 Å². The summed E-state index contributed by atoms with van der Waals surface area (Å²) in [7, 11) is 0. The van der Waals surface area contributed by atoms with Gasteiger partial charge < -0.3 is 20.1 Å². The zero-order chi connectivity index (χ0) is 17.6. The highest BCUT2D eigenvalue weighted by Crippen LogP contribution is 2.32. The van der Waals surface area contributed by atoms with Crippen molar-refractivity contribution in [2.45, 2.75) is 26.6 Å². The zero-order valence-electron chi connectivity index (χ0n) is 14.1. The van der Waals surface area contributed by atoms with Crippen LogP contribution in [0.15, 0.2) is 35.6 Å². The first-order valence-corrected chi connectivity index (χ1v) is 7.88. The molecule has 0 saturated carbocycles. The average molecular weight is 479 g/mol. The highest BCUT2D eigenvalue weighted by molar-refractivity contribution is 14.0. The van der Waals surface area contributed by atoms with Gasteiger partial charge in [-0.25, -0.2) is 9.98 Å². The monoisotopic (exact) mass is 479 g/mol. The zero-order valence-corrected chi connectivity index (χ0v) is 16.4. The van der Waals surface area contributed by atoms with Gasteiger partial charge in [0.25, 0.3) is 0 Å². The third-order valence-corrected chi connectivity index (χ3v) is 3.57. The summed E-state index contributed by atoms with van der Waals surface area (Å²) >= 11 is 0. The average Bonchev–Trinajstić information content (AvgIpc) is 3.25. The lowest BCUT2D eigenvalue weighted by Gasteiger charge is -2.12. The van der Waals surface area contributed by atoms with Crippen LogP contribution < -0.4 is 20.1 Å². The normalized spacial score (nSPS) is 12.8. The van der Waals surface area contributed by atoms with E-state index in [4.69, 9.17) is 9.47 Å². The molecule has 10 heteroatoms. The van der Waals surface area contributed by atoms with E-state index in [1.54, 1.807) is 0 Å². The molecule has 0 aliphatic carbocycles. The van der Waals surface area contributed by atoms with Gasteiger partial charge in [-0.1, -0.05) is 6.07 Å². The van der Waals surface area contributed by atoms with Gasteiger partial charge in [0.15, 0.2) is 17.5 Å². The number of imidazole rings is 1. The number of aromatic nitrogens is 2. The molecule has 3 rings (SSSR count). The summed E-state index contributed by atoms with van der Waals surface area (Å²) in [5.74, 6) is 2.17. The Hall–Kier alpha value is -2.11. The Kier molecular flexibility index (Phi) is 7.42. The molecule has 7 nitrogen and oxygen atoms in total. The van der Waals surface area contributed by atoms with Gasteiger partial charge in [0.2, 0.25) is 6.79 Å². The quantitative estimate of drug-likeness (QED) is 0.379. The third-order valence-electron chi connectivity index (χ3n) is 3.57. The number of hydrogen-bond acceptors (Lipinski definition) is 4. The lowest BCUT2D eigenvalue weighted by Crippen LogP contribution is -2.37. The molecule has 0 bridgehead atoms. The Balaban J connectivity index is 0.00000243. The molecule has 26 heavy (non-hydrogen) atoms. The molecule has 0 amide bonds. The minimum Gasteiger partial charge on any atom is -0.454 e. The van der Waals surface area contributed by atoms with Gasteiger partial charge in [-0.2, -0.15) is 8.78 Å². The molecule has 2 aromatic rings. The van der Waals surface area contributed by atoms with Crippen LogP contribution in [0.1, 0.15) is 24.9 Å². The summed E-state index contributed by atoms with van der Waals surface area (Å²) in [5.41, 5.74) is 0.954. The first-order valence-electron chi connectivity index (χ1n) is 7.88. The van der Waals surface area contributed by atoms with Crippen LogP contribution in [0.4, 0.5) is 8.78 Å². The second-order valence-electron chi connectivity index (χ2n) is 5.26. The highest BCUT2D eigenvalue weighted by atomic mass is 127. The molecule has 0 radical (unpaired) electrons. The molecule has 0 saturated heterocycles. The maximum atomic E-state index is 12.8. The summed E-state index contributed by atoms with van der Waals surface area (Å²) in [4.78, 5) is 8.39. The van der Waals surface area contributed by atoms with Gasteiger partial charge in [0, 0.05) is 18.9 Å². The molecule has 2 heterocycles. The smallest absolute Gasteiger partial charge is 0.319 e. The SMILES string of the molecule is CCNC(=NCc1ccc2c(c1)OCO2)NCc1nccn1C(F)F.I. The van der Waals surface area contributed by atoms with Crippen molar-refractivity contribution in [2.75, 3.05) is 13.3 Å². The van der Waals surface area contributed by atoms with Crippen LogP contribution in [0, 0.1) is 0 Å². The molecule has 1 aliphatic heterocycles. The third kappa shape index (κ3) is 4.96. The number of halogens is 3. The van der Waals surface area contributed by atoms with E-state index in [1.807, 2.05) is 25.1 Å². The Bertz CT molecular complexity index is 754. The fourth-order valence-corrected chi connectivity index (χ4v) is 2.37. The maximum Gasteiger partial charge on any atom is 0.319 e. The van der Waals surface area contributed by atoms with Crippen molar-refractivity contribution in [1.82, 2.24) is 20.2 Å². The predicted octanol–water partition coefficient (Wildman–Crippen LogP) is 2.88. The lowest BCUT2D eigenvalue weighted by atomic mass is 10.2. The predicted molar refractivity (Wildman–Crippen MR) is 103 cm³/mol. The molecule has 1 aromatic carbocycles. The number of ether oxygens (including phenoxy) is 2. The van der Waals surface area contributed by atoms with Crippen molar-refractivity contribution in [3.05, 3.63) is 42.0 Å². The van der Waals surface area contributed by atoms with Gasteiger partial charge in [-0.15, -0.1) is 24.0 Å². The van der Waals surface area contributed by atoms with Crippen LogP contribution in [0.5, 0.6) is 11.5 Å². The number of nitrogens with zero attached hydrogens (tertiary/aromatic N) is 3. The molecule has 0 atom stereocenters. The Morgan fingerprint density at radius 1 is 1.31 bits per heavy atom. The maximum absolute atomic E-state index is 12.8. The molecule has 1 aliphatic rings. The van der Waals surface area contributed by atoms with Crippen LogP contribution in [0.3, 0.4) is 0 Å². The summed E-state index contributed by atoms with van der Waals surface area (Å²) in [5, 5.41) is 6.08. The van der Waals surface area contributed by atoms with E-state index in [1.165, 1.54) is 12.4 Å². The summed E-state index contributed by atoms with van der Waals surface area (Å²) in [6.45, 7) is 0.740. The van der Waals surface area contributed by atoms with Gasteiger partial charge in [-0.3, -0.25) is 4.57 Å². The molecule has 2 N–H and O–H groups in total. The van der Waals surface area contributed by atoms with Crippen LogP contribution in [0.25, 0.3) is 0 Å². The van der Waals surface area contributed by atoms with E-state index >= 15 is 0 Å². The van der Waals surface area contributed by atoms with Crippen LogP contribution >= 0.6 is 24.0 Å². The number of aliphatic imine (C=N–C) groups is 1. The molecule has 142 valence electrons. The number of hydrogen-bond donors (Lipinski definition) is 2. The summed E-state index contributed by atoms with van der Waals surface area (Å²) in [6, 6.07) is 5.62. The van der Waals surface area contributed by atoms with E-state index < -0.39 is 6.55 Å². The number of fused-ring (bicyclic) bond motifs is 1. The molecule has 0 spiro atoms. The van der Waals surface area contributed by atoms with Crippen molar-refractivity contribution in [3.8, 4) is 11.5 Å². The minimum absolute atomic E-state index is 0. The van der Waals surface area contributed by atoms with E-state index in [2.05, 4.69) is 20.6 Å². The Morgan fingerprint density at radius 2 is 2.12 bits per heavy atom. The molecule has 1 aromatic heterocycles. The second kappa shape index (κ2) is 9.55. The van der Waals surface area contributed by atoms with Crippen LogP contribution in [0.2, 0.25) is 0 Å². The first-order chi connectivity index (χ1) is 12.2. The van der Waals surface area contributed by atoms with E-state index in [0.29, 0.717) is 24.8 Å². The van der Waals surface area contributed by atoms with Crippen molar-refractivity contribution in [1.29, 1.82) is 0 Å². The molecule has 0 unspecified atom stereocenters.